The van der Waals surface area contributed by atoms with Gasteiger partial charge in [0.1, 0.15) is 0 Å². The topological polar surface area (TPSA) is 66.8 Å². The number of rotatable bonds is 7. The van der Waals surface area contributed by atoms with Crippen LogP contribution in [0.1, 0.15) is 29.8 Å². The second-order valence-corrected chi connectivity index (χ2v) is 4.11. The van der Waals surface area contributed by atoms with E-state index in [9.17, 15) is 9.59 Å². The Hall–Kier alpha value is -1.88. The first-order chi connectivity index (χ1) is 9.06. The van der Waals surface area contributed by atoms with E-state index in [4.69, 9.17) is 9.84 Å². The quantitative estimate of drug-likeness (QED) is 0.761. The molecule has 0 aliphatic carbocycles. The first kappa shape index (κ1) is 15.2. The summed E-state index contributed by atoms with van der Waals surface area (Å²) >= 11 is 0. The van der Waals surface area contributed by atoms with Gasteiger partial charge in [0.2, 0.25) is 0 Å². The minimum Gasteiger partial charge on any atom is -0.478 e. The van der Waals surface area contributed by atoms with Gasteiger partial charge in [-0.15, -0.1) is 0 Å². The van der Waals surface area contributed by atoms with Gasteiger partial charge in [0.15, 0.2) is 0 Å². The Kier molecular flexibility index (Phi) is 6.02. The Morgan fingerprint density at radius 2 is 1.84 bits per heavy atom. The Morgan fingerprint density at radius 3 is 2.32 bits per heavy atom. The van der Waals surface area contributed by atoms with Gasteiger partial charge in [-0.25, -0.2) is 4.79 Å². The Balaban J connectivity index is 2.60. The maximum Gasteiger partial charge on any atom is 0.335 e. The smallest absolute Gasteiger partial charge is 0.335 e. The van der Waals surface area contributed by atoms with Gasteiger partial charge in [0, 0.05) is 6.54 Å². The zero-order valence-corrected chi connectivity index (χ0v) is 11.3. The van der Waals surface area contributed by atoms with Crippen molar-refractivity contribution in [2.24, 2.45) is 0 Å². The van der Waals surface area contributed by atoms with Crippen LogP contribution in [0.15, 0.2) is 24.3 Å². The second-order valence-electron chi connectivity index (χ2n) is 4.11. The fourth-order valence-corrected chi connectivity index (χ4v) is 1.68. The molecule has 0 amide bonds. The van der Waals surface area contributed by atoms with Crippen LogP contribution in [0.25, 0.3) is 0 Å². The van der Waals surface area contributed by atoms with Crippen LogP contribution in [0.3, 0.4) is 0 Å². The van der Waals surface area contributed by atoms with Crippen molar-refractivity contribution in [2.45, 2.75) is 20.4 Å². The molecule has 0 radical (unpaired) electrons. The molecule has 0 bridgehead atoms. The van der Waals surface area contributed by atoms with Crippen LogP contribution in [-0.2, 0) is 16.1 Å². The molecule has 0 saturated carbocycles. The molecule has 0 saturated heterocycles. The first-order valence-electron chi connectivity index (χ1n) is 6.27. The number of likely N-dealkylation sites (N-methyl/N-ethyl adjacent to an activating group) is 1. The van der Waals surface area contributed by atoms with E-state index in [0.29, 0.717) is 13.2 Å². The fourth-order valence-electron chi connectivity index (χ4n) is 1.68. The van der Waals surface area contributed by atoms with Gasteiger partial charge in [-0.1, -0.05) is 19.1 Å². The summed E-state index contributed by atoms with van der Waals surface area (Å²) in [6.45, 7) is 5.67. The molecule has 0 heterocycles. The third-order valence-electron chi connectivity index (χ3n) is 2.71. The van der Waals surface area contributed by atoms with Crippen molar-refractivity contribution in [3.8, 4) is 0 Å². The minimum atomic E-state index is -0.939. The molecule has 5 nitrogen and oxygen atoms in total. The van der Waals surface area contributed by atoms with Crippen molar-refractivity contribution in [2.75, 3.05) is 19.7 Å². The number of carbonyl (C=O) groups is 2. The molecule has 5 heteroatoms. The lowest BCUT2D eigenvalue weighted by Gasteiger charge is -2.19. The molecule has 0 aliphatic heterocycles. The van der Waals surface area contributed by atoms with Crippen LogP contribution in [0.5, 0.6) is 0 Å². The second kappa shape index (κ2) is 7.53. The van der Waals surface area contributed by atoms with Gasteiger partial charge in [-0.05, 0) is 31.2 Å². The number of hydrogen-bond donors (Lipinski definition) is 1. The SMILES string of the molecule is CCOC(=O)CN(CC)Cc1ccc(C(=O)O)cc1. The molecule has 0 spiro atoms. The molecular weight excluding hydrogens is 246 g/mol. The van der Waals surface area contributed by atoms with Crippen LogP contribution >= 0.6 is 0 Å². The van der Waals surface area contributed by atoms with E-state index >= 15 is 0 Å². The van der Waals surface area contributed by atoms with Crippen molar-refractivity contribution in [1.29, 1.82) is 0 Å². The summed E-state index contributed by atoms with van der Waals surface area (Å²) in [7, 11) is 0. The molecule has 0 fully saturated rings. The number of aromatic carboxylic acids is 1. The highest BCUT2D eigenvalue weighted by Crippen LogP contribution is 2.08. The van der Waals surface area contributed by atoms with Crippen molar-refractivity contribution < 1.29 is 19.4 Å². The van der Waals surface area contributed by atoms with Crippen LogP contribution < -0.4 is 0 Å². The summed E-state index contributed by atoms with van der Waals surface area (Å²) in [4.78, 5) is 24.1. The van der Waals surface area contributed by atoms with Crippen molar-refractivity contribution in [3.05, 3.63) is 35.4 Å². The Bertz CT molecular complexity index is 428. The summed E-state index contributed by atoms with van der Waals surface area (Å²) in [5, 5.41) is 8.81. The summed E-state index contributed by atoms with van der Waals surface area (Å²) in [5.41, 5.74) is 1.23. The highest BCUT2D eigenvalue weighted by atomic mass is 16.5. The van der Waals surface area contributed by atoms with E-state index in [1.165, 1.54) is 0 Å². The fraction of sp³-hybridized carbons (Fsp3) is 0.429. The van der Waals surface area contributed by atoms with Crippen LogP contribution in [0.2, 0.25) is 0 Å². The van der Waals surface area contributed by atoms with Crippen molar-refractivity contribution in [1.82, 2.24) is 4.90 Å². The molecule has 0 unspecified atom stereocenters. The average Bonchev–Trinajstić information content (AvgIpc) is 2.38. The number of hydrogen-bond acceptors (Lipinski definition) is 4. The molecule has 0 aromatic heterocycles. The lowest BCUT2D eigenvalue weighted by Crippen LogP contribution is -2.30. The van der Waals surface area contributed by atoms with Gasteiger partial charge in [-0.2, -0.15) is 0 Å². The Labute approximate surface area is 112 Å². The number of ether oxygens (including phenoxy) is 1. The molecule has 0 atom stereocenters. The van der Waals surface area contributed by atoms with Crippen LogP contribution in [0.4, 0.5) is 0 Å². The lowest BCUT2D eigenvalue weighted by atomic mass is 10.1. The standard InChI is InChI=1S/C14H19NO4/c1-3-15(10-13(16)19-4-2)9-11-5-7-12(8-6-11)14(17)18/h5-8H,3-4,9-10H2,1-2H3,(H,17,18). The summed E-state index contributed by atoms with van der Waals surface area (Å²) < 4.78 is 4.90. The molecule has 104 valence electrons. The summed E-state index contributed by atoms with van der Waals surface area (Å²) in [5.74, 6) is -1.18. The molecular formula is C14H19NO4. The molecule has 19 heavy (non-hydrogen) atoms. The van der Waals surface area contributed by atoms with Gasteiger partial charge in [0.25, 0.3) is 0 Å². The number of benzene rings is 1. The number of carboxylic acid groups (broad SMARTS) is 1. The number of carbonyl (C=O) groups excluding carboxylic acids is 1. The monoisotopic (exact) mass is 265 g/mol. The van der Waals surface area contributed by atoms with E-state index < -0.39 is 5.97 Å². The molecule has 1 rings (SSSR count). The summed E-state index contributed by atoms with van der Waals surface area (Å²) in [6.07, 6.45) is 0. The van der Waals surface area contributed by atoms with E-state index in [-0.39, 0.29) is 18.1 Å². The number of carboxylic acids is 1. The average molecular weight is 265 g/mol. The van der Waals surface area contributed by atoms with Gasteiger partial charge < -0.3 is 9.84 Å². The third-order valence-corrected chi connectivity index (χ3v) is 2.71. The molecule has 0 aliphatic rings. The Morgan fingerprint density at radius 1 is 1.21 bits per heavy atom. The van der Waals surface area contributed by atoms with Crippen molar-refractivity contribution in [3.63, 3.8) is 0 Å². The number of nitrogens with zero attached hydrogens (tertiary/aromatic N) is 1. The first-order valence-corrected chi connectivity index (χ1v) is 6.27. The van der Waals surface area contributed by atoms with Crippen LogP contribution in [-0.4, -0.2) is 41.6 Å². The molecule has 1 aromatic carbocycles. The summed E-state index contributed by atoms with van der Waals surface area (Å²) in [6, 6.07) is 6.65. The largest absolute Gasteiger partial charge is 0.478 e. The minimum absolute atomic E-state index is 0.241. The number of esters is 1. The van der Waals surface area contributed by atoms with E-state index in [1.54, 1.807) is 31.2 Å². The highest BCUT2D eigenvalue weighted by molar-refractivity contribution is 5.87. The zero-order valence-electron chi connectivity index (χ0n) is 11.3. The predicted molar refractivity (Wildman–Crippen MR) is 71.0 cm³/mol. The lowest BCUT2D eigenvalue weighted by molar-refractivity contribution is -0.144. The van der Waals surface area contributed by atoms with Gasteiger partial charge in [-0.3, -0.25) is 9.69 Å². The molecule has 1 aromatic rings. The van der Waals surface area contributed by atoms with Gasteiger partial charge >= 0.3 is 11.9 Å². The maximum atomic E-state index is 11.4. The van der Waals surface area contributed by atoms with Crippen molar-refractivity contribution >= 4 is 11.9 Å². The van der Waals surface area contributed by atoms with E-state index in [1.807, 2.05) is 11.8 Å². The highest BCUT2D eigenvalue weighted by Gasteiger charge is 2.10. The van der Waals surface area contributed by atoms with E-state index in [2.05, 4.69) is 0 Å². The zero-order chi connectivity index (χ0) is 14.3. The van der Waals surface area contributed by atoms with E-state index in [0.717, 1.165) is 12.1 Å². The molecule has 1 N–H and O–H groups in total. The van der Waals surface area contributed by atoms with Gasteiger partial charge in [0.05, 0.1) is 18.7 Å². The van der Waals surface area contributed by atoms with Crippen LogP contribution in [0, 0.1) is 0 Å². The predicted octanol–water partition coefficient (Wildman–Crippen LogP) is 1.77. The third kappa shape index (κ3) is 5.09. The normalized spacial score (nSPS) is 10.5. The maximum absolute atomic E-state index is 11.4.